The number of benzene rings is 1. The summed E-state index contributed by atoms with van der Waals surface area (Å²) in [5.74, 6) is -0.0652. The molecule has 3 rings (SSSR count). The molecule has 5 heteroatoms. The van der Waals surface area contributed by atoms with Crippen LogP contribution >= 0.6 is 0 Å². The minimum absolute atomic E-state index is 0.00365. The zero-order valence-electron chi connectivity index (χ0n) is 14.8. The number of hydrogen-bond donors (Lipinski definition) is 1. The van der Waals surface area contributed by atoms with Crippen LogP contribution in [0.4, 0.5) is 4.79 Å². The van der Waals surface area contributed by atoms with E-state index in [1.165, 1.54) is 0 Å². The average molecular weight is 329 g/mol. The molecule has 0 saturated carbocycles. The second kappa shape index (κ2) is 6.46. The molecule has 1 aromatic carbocycles. The van der Waals surface area contributed by atoms with Crippen molar-refractivity contribution >= 4 is 11.9 Å². The van der Waals surface area contributed by atoms with Crippen molar-refractivity contribution in [3.63, 3.8) is 0 Å². The first-order valence-electron chi connectivity index (χ1n) is 8.79. The van der Waals surface area contributed by atoms with Crippen LogP contribution in [0, 0.1) is 0 Å². The maximum atomic E-state index is 13.0. The number of amides is 3. The molecule has 0 bridgehead atoms. The van der Waals surface area contributed by atoms with Gasteiger partial charge in [-0.1, -0.05) is 24.3 Å². The van der Waals surface area contributed by atoms with Gasteiger partial charge in [0, 0.05) is 31.6 Å². The van der Waals surface area contributed by atoms with Crippen LogP contribution in [0.2, 0.25) is 0 Å². The summed E-state index contributed by atoms with van der Waals surface area (Å²) in [5, 5.41) is 3.04. The molecule has 130 valence electrons. The molecule has 2 aliphatic heterocycles. The van der Waals surface area contributed by atoms with Crippen LogP contribution in [0.3, 0.4) is 0 Å². The van der Waals surface area contributed by atoms with E-state index in [0.717, 1.165) is 37.1 Å². The monoisotopic (exact) mass is 329 g/mol. The Morgan fingerprint density at radius 2 is 1.71 bits per heavy atom. The summed E-state index contributed by atoms with van der Waals surface area (Å²) in [6, 6.07) is 7.66. The Labute approximate surface area is 144 Å². The highest BCUT2D eigenvalue weighted by atomic mass is 16.2. The second-order valence-electron chi connectivity index (χ2n) is 7.83. The molecule has 3 amide bonds. The number of fused-ring (bicyclic) bond motifs is 1. The van der Waals surface area contributed by atoms with Crippen molar-refractivity contribution in [2.45, 2.75) is 58.2 Å². The van der Waals surface area contributed by atoms with Crippen LogP contribution < -0.4 is 5.32 Å². The van der Waals surface area contributed by atoms with Crippen molar-refractivity contribution in [3.8, 4) is 0 Å². The summed E-state index contributed by atoms with van der Waals surface area (Å²) in [7, 11) is 0. The first-order valence-corrected chi connectivity index (χ1v) is 8.79. The topological polar surface area (TPSA) is 52.7 Å². The molecule has 5 nitrogen and oxygen atoms in total. The van der Waals surface area contributed by atoms with Crippen molar-refractivity contribution in [3.05, 3.63) is 35.4 Å². The molecule has 0 aliphatic carbocycles. The van der Waals surface area contributed by atoms with E-state index in [2.05, 4.69) is 17.4 Å². The minimum Gasteiger partial charge on any atom is -0.350 e. The van der Waals surface area contributed by atoms with E-state index in [1.54, 1.807) is 4.90 Å². The highest BCUT2D eigenvalue weighted by molar-refractivity contribution is 5.88. The van der Waals surface area contributed by atoms with E-state index in [1.807, 2.05) is 37.8 Å². The molecule has 1 saturated heterocycles. The highest BCUT2D eigenvalue weighted by Gasteiger charge is 2.38. The Morgan fingerprint density at radius 3 is 2.33 bits per heavy atom. The van der Waals surface area contributed by atoms with Crippen LogP contribution in [-0.4, -0.2) is 46.4 Å². The van der Waals surface area contributed by atoms with Crippen molar-refractivity contribution in [1.29, 1.82) is 0 Å². The summed E-state index contributed by atoms with van der Waals surface area (Å²) in [6.07, 6.45) is 2.68. The number of likely N-dealkylation sites (tertiary alicyclic amines) is 1. The Bertz CT molecular complexity index is 630. The van der Waals surface area contributed by atoms with Gasteiger partial charge in [-0.2, -0.15) is 0 Å². The molecular weight excluding hydrogens is 302 g/mol. The lowest BCUT2D eigenvalue weighted by Crippen LogP contribution is -2.58. The standard InChI is InChI=1S/C19H27N3O2/c1-19(2,3)20-17(23)16-12-14-8-4-5-9-15(14)13-22(16)18(24)21-10-6-7-11-21/h4-5,8-9,16H,6-7,10-13H2,1-3H3,(H,20,23)/t16-/m0/s1. The molecule has 1 fully saturated rings. The van der Waals surface area contributed by atoms with E-state index >= 15 is 0 Å². The van der Waals surface area contributed by atoms with Gasteiger partial charge in [0.25, 0.3) is 0 Å². The fourth-order valence-corrected chi connectivity index (χ4v) is 3.50. The number of hydrogen-bond acceptors (Lipinski definition) is 2. The lowest BCUT2D eigenvalue weighted by Gasteiger charge is -2.39. The van der Waals surface area contributed by atoms with Crippen LogP contribution in [-0.2, 0) is 17.8 Å². The molecule has 1 aromatic rings. The summed E-state index contributed by atoms with van der Waals surface area (Å²) in [6.45, 7) is 8.00. The molecule has 24 heavy (non-hydrogen) atoms. The largest absolute Gasteiger partial charge is 0.350 e. The van der Waals surface area contributed by atoms with Gasteiger partial charge in [-0.05, 0) is 44.7 Å². The maximum Gasteiger partial charge on any atom is 0.321 e. The van der Waals surface area contributed by atoms with Crippen molar-refractivity contribution < 1.29 is 9.59 Å². The molecule has 1 atom stereocenters. The molecule has 1 N–H and O–H groups in total. The van der Waals surface area contributed by atoms with Crippen LogP contribution in [0.1, 0.15) is 44.7 Å². The van der Waals surface area contributed by atoms with Gasteiger partial charge < -0.3 is 15.1 Å². The Kier molecular flexibility index (Phi) is 4.52. The molecular formula is C19H27N3O2. The molecule has 0 spiro atoms. The third-order valence-electron chi connectivity index (χ3n) is 4.67. The highest BCUT2D eigenvalue weighted by Crippen LogP contribution is 2.26. The molecule has 2 aliphatic rings. The Hall–Kier alpha value is -2.04. The van der Waals surface area contributed by atoms with E-state index in [4.69, 9.17) is 0 Å². The summed E-state index contributed by atoms with van der Waals surface area (Å²) in [5.41, 5.74) is 2.00. The average Bonchev–Trinajstić information content (AvgIpc) is 3.05. The number of nitrogens with one attached hydrogen (secondary N) is 1. The number of carbonyl (C=O) groups excluding carboxylic acids is 2. The van der Waals surface area contributed by atoms with E-state index in [0.29, 0.717) is 13.0 Å². The smallest absolute Gasteiger partial charge is 0.321 e. The van der Waals surface area contributed by atoms with Crippen LogP contribution in [0.15, 0.2) is 24.3 Å². The predicted molar refractivity (Wildman–Crippen MR) is 93.6 cm³/mol. The first kappa shape index (κ1) is 16.8. The van der Waals surface area contributed by atoms with Crippen LogP contribution in [0.25, 0.3) is 0 Å². The fraction of sp³-hybridized carbons (Fsp3) is 0.579. The molecule has 0 radical (unpaired) electrons. The Morgan fingerprint density at radius 1 is 1.08 bits per heavy atom. The fourth-order valence-electron chi connectivity index (χ4n) is 3.50. The van der Waals surface area contributed by atoms with Gasteiger partial charge in [0.15, 0.2) is 0 Å². The number of rotatable bonds is 1. The van der Waals surface area contributed by atoms with Gasteiger partial charge in [-0.3, -0.25) is 4.79 Å². The van der Waals surface area contributed by atoms with E-state index in [9.17, 15) is 9.59 Å². The zero-order valence-corrected chi connectivity index (χ0v) is 14.8. The lowest BCUT2D eigenvalue weighted by molar-refractivity contribution is -0.127. The van der Waals surface area contributed by atoms with E-state index in [-0.39, 0.29) is 17.5 Å². The van der Waals surface area contributed by atoms with Gasteiger partial charge in [0.2, 0.25) is 5.91 Å². The summed E-state index contributed by atoms with van der Waals surface area (Å²) >= 11 is 0. The quantitative estimate of drug-likeness (QED) is 0.861. The third kappa shape index (κ3) is 3.55. The van der Waals surface area contributed by atoms with Gasteiger partial charge >= 0.3 is 6.03 Å². The third-order valence-corrected chi connectivity index (χ3v) is 4.67. The number of nitrogens with zero attached hydrogens (tertiary/aromatic N) is 2. The predicted octanol–water partition coefficient (Wildman–Crippen LogP) is 2.54. The summed E-state index contributed by atoms with van der Waals surface area (Å²) in [4.78, 5) is 29.4. The molecule has 2 heterocycles. The van der Waals surface area contributed by atoms with Gasteiger partial charge in [-0.15, -0.1) is 0 Å². The van der Waals surface area contributed by atoms with Crippen LogP contribution in [0.5, 0.6) is 0 Å². The van der Waals surface area contributed by atoms with E-state index < -0.39 is 6.04 Å². The van der Waals surface area contributed by atoms with Gasteiger partial charge in [0.1, 0.15) is 6.04 Å². The van der Waals surface area contributed by atoms with Gasteiger partial charge in [-0.25, -0.2) is 4.79 Å². The zero-order chi connectivity index (χ0) is 17.3. The molecule has 0 unspecified atom stereocenters. The van der Waals surface area contributed by atoms with Gasteiger partial charge in [0.05, 0.1) is 0 Å². The van der Waals surface area contributed by atoms with Crippen molar-refractivity contribution in [2.24, 2.45) is 0 Å². The maximum absolute atomic E-state index is 13.0. The number of carbonyl (C=O) groups is 2. The first-order chi connectivity index (χ1) is 11.3. The normalized spacial score (nSPS) is 20.7. The molecule has 0 aromatic heterocycles. The van der Waals surface area contributed by atoms with Crippen molar-refractivity contribution in [2.75, 3.05) is 13.1 Å². The second-order valence-corrected chi connectivity index (χ2v) is 7.83. The lowest BCUT2D eigenvalue weighted by atomic mass is 9.93. The Balaban J connectivity index is 1.87. The van der Waals surface area contributed by atoms with Crippen molar-refractivity contribution in [1.82, 2.24) is 15.1 Å². The minimum atomic E-state index is -0.438. The summed E-state index contributed by atoms with van der Waals surface area (Å²) < 4.78 is 0. The SMILES string of the molecule is CC(C)(C)NC(=O)[C@@H]1Cc2ccccc2CN1C(=O)N1CCCC1. The number of urea groups is 1.